The van der Waals surface area contributed by atoms with E-state index in [1.807, 2.05) is 23.1 Å². The van der Waals surface area contributed by atoms with E-state index in [2.05, 4.69) is 9.88 Å². The molecular weight excluding hydrogens is 290 g/mol. The summed E-state index contributed by atoms with van der Waals surface area (Å²) in [5, 5.41) is 0. The molecule has 0 N–H and O–H groups in total. The Morgan fingerprint density at radius 3 is 2.78 bits per heavy atom. The number of aromatic nitrogens is 1. The van der Waals surface area contributed by atoms with Crippen molar-refractivity contribution in [2.45, 2.75) is 32.2 Å². The summed E-state index contributed by atoms with van der Waals surface area (Å²) in [4.78, 5) is 21.2. The lowest BCUT2D eigenvalue weighted by Crippen LogP contribution is -2.51. The van der Waals surface area contributed by atoms with Crippen LogP contribution >= 0.6 is 0 Å². The van der Waals surface area contributed by atoms with Crippen LogP contribution in [0.3, 0.4) is 0 Å². The fourth-order valence-corrected chi connectivity index (χ4v) is 3.81. The summed E-state index contributed by atoms with van der Waals surface area (Å²) in [6.07, 6.45) is 5.90. The third-order valence-corrected chi connectivity index (χ3v) is 5.36. The second kappa shape index (κ2) is 7.41. The van der Waals surface area contributed by atoms with Crippen LogP contribution in [0.1, 0.15) is 31.4 Å². The van der Waals surface area contributed by atoms with Crippen LogP contribution in [-0.2, 0) is 16.1 Å². The van der Waals surface area contributed by atoms with Crippen LogP contribution in [0.15, 0.2) is 24.4 Å². The SMILES string of the molecule is COCCN1CCC2(CCC(=O)N(Cc3ccccn3)C2)CC1. The van der Waals surface area contributed by atoms with Crippen molar-refractivity contribution in [2.24, 2.45) is 5.41 Å². The molecule has 126 valence electrons. The maximum atomic E-state index is 12.3. The van der Waals surface area contributed by atoms with Gasteiger partial charge in [-0.3, -0.25) is 9.78 Å². The molecule has 0 radical (unpaired) electrons. The summed E-state index contributed by atoms with van der Waals surface area (Å²) < 4.78 is 5.18. The van der Waals surface area contributed by atoms with Gasteiger partial charge in [0, 0.05) is 32.8 Å². The third-order valence-electron chi connectivity index (χ3n) is 5.36. The van der Waals surface area contributed by atoms with Gasteiger partial charge in [0.25, 0.3) is 0 Å². The number of carbonyl (C=O) groups is 1. The van der Waals surface area contributed by atoms with Gasteiger partial charge in [-0.1, -0.05) is 6.07 Å². The Hall–Kier alpha value is -1.46. The Bertz CT molecular complexity index is 512. The van der Waals surface area contributed by atoms with Crippen molar-refractivity contribution in [1.29, 1.82) is 0 Å². The highest BCUT2D eigenvalue weighted by molar-refractivity contribution is 5.77. The van der Waals surface area contributed by atoms with Gasteiger partial charge in [-0.2, -0.15) is 0 Å². The molecular formula is C18H27N3O2. The lowest BCUT2D eigenvalue weighted by Gasteiger charge is -2.47. The maximum absolute atomic E-state index is 12.3. The topological polar surface area (TPSA) is 45.7 Å². The van der Waals surface area contributed by atoms with Gasteiger partial charge in [-0.15, -0.1) is 0 Å². The number of hydrogen-bond donors (Lipinski definition) is 0. The van der Waals surface area contributed by atoms with E-state index >= 15 is 0 Å². The number of rotatable bonds is 5. The average Bonchev–Trinajstić information content (AvgIpc) is 2.59. The molecule has 0 bridgehead atoms. The first-order valence-electron chi connectivity index (χ1n) is 8.60. The molecule has 1 amide bonds. The standard InChI is InChI=1S/C18H27N3O2/c1-23-13-12-20-10-7-18(8-11-20)6-5-17(22)21(15-18)14-16-4-2-3-9-19-16/h2-4,9H,5-8,10-15H2,1H3. The van der Waals surface area contributed by atoms with Crippen LogP contribution in [0.4, 0.5) is 0 Å². The molecule has 1 aromatic rings. The molecule has 3 rings (SSSR count). The fourth-order valence-electron chi connectivity index (χ4n) is 3.81. The zero-order valence-corrected chi connectivity index (χ0v) is 14.0. The number of likely N-dealkylation sites (tertiary alicyclic amines) is 2. The monoisotopic (exact) mass is 317 g/mol. The second-order valence-electron chi connectivity index (χ2n) is 6.91. The summed E-state index contributed by atoms with van der Waals surface area (Å²) in [7, 11) is 1.76. The van der Waals surface area contributed by atoms with E-state index < -0.39 is 0 Å². The number of piperidine rings is 2. The van der Waals surface area contributed by atoms with Gasteiger partial charge >= 0.3 is 0 Å². The van der Waals surface area contributed by atoms with Gasteiger partial charge in [0.2, 0.25) is 5.91 Å². The average molecular weight is 317 g/mol. The zero-order valence-electron chi connectivity index (χ0n) is 14.0. The number of hydrogen-bond acceptors (Lipinski definition) is 4. The number of methoxy groups -OCH3 is 1. The number of pyridine rings is 1. The third kappa shape index (κ3) is 4.09. The Labute approximate surface area is 138 Å². The quantitative estimate of drug-likeness (QED) is 0.832. The minimum atomic E-state index is 0.281. The molecule has 1 aromatic heterocycles. The van der Waals surface area contributed by atoms with Crippen molar-refractivity contribution in [2.75, 3.05) is 39.9 Å². The molecule has 2 fully saturated rings. The Morgan fingerprint density at radius 2 is 2.09 bits per heavy atom. The van der Waals surface area contributed by atoms with Crippen molar-refractivity contribution in [1.82, 2.24) is 14.8 Å². The van der Waals surface area contributed by atoms with Crippen LogP contribution < -0.4 is 0 Å². The lowest BCUT2D eigenvalue weighted by molar-refractivity contribution is -0.140. The van der Waals surface area contributed by atoms with Crippen molar-refractivity contribution >= 4 is 5.91 Å². The van der Waals surface area contributed by atoms with Crippen molar-refractivity contribution in [3.05, 3.63) is 30.1 Å². The van der Waals surface area contributed by atoms with E-state index in [1.165, 1.54) is 12.8 Å². The molecule has 5 nitrogen and oxygen atoms in total. The van der Waals surface area contributed by atoms with E-state index in [0.717, 1.165) is 44.9 Å². The van der Waals surface area contributed by atoms with Gasteiger partial charge in [-0.05, 0) is 49.9 Å². The Kier molecular flexibility index (Phi) is 5.28. The van der Waals surface area contributed by atoms with Crippen LogP contribution in [0.25, 0.3) is 0 Å². The van der Waals surface area contributed by atoms with Gasteiger partial charge in [0.05, 0.1) is 18.8 Å². The first-order valence-corrected chi connectivity index (χ1v) is 8.60. The van der Waals surface area contributed by atoms with E-state index in [9.17, 15) is 4.79 Å². The Balaban J connectivity index is 1.58. The molecule has 5 heteroatoms. The molecule has 0 saturated carbocycles. The van der Waals surface area contributed by atoms with Crippen molar-refractivity contribution in [3.63, 3.8) is 0 Å². The van der Waals surface area contributed by atoms with Crippen LogP contribution in [-0.4, -0.2) is 60.6 Å². The summed E-state index contributed by atoms with van der Waals surface area (Å²) in [5.74, 6) is 0.281. The predicted molar refractivity (Wildman–Crippen MR) is 88.9 cm³/mol. The van der Waals surface area contributed by atoms with Crippen LogP contribution in [0, 0.1) is 5.41 Å². The highest BCUT2D eigenvalue weighted by atomic mass is 16.5. The smallest absolute Gasteiger partial charge is 0.222 e. The summed E-state index contributed by atoms with van der Waals surface area (Å²) in [6.45, 7) is 5.60. The van der Waals surface area contributed by atoms with Crippen molar-refractivity contribution in [3.8, 4) is 0 Å². The number of amides is 1. The minimum absolute atomic E-state index is 0.281. The molecule has 2 aliphatic heterocycles. The molecule has 1 spiro atoms. The number of ether oxygens (including phenoxy) is 1. The number of carbonyl (C=O) groups excluding carboxylic acids is 1. The van der Waals surface area contributed by atoms with Gasteiger partial charge in [0.15, 0.2) is 0 Å². The zero-order chi connectivity index (χ0) is 16.1. The summed E-state index contributed by atoms with van der Waals surface area (Å²) >= 11 is 0. The lowest BCUT2D eigenvalue weighted by atomic mass is 9.72. The normalized spacial score (nSPS) is 21.8. The molecule has 2 aliphatic rings. The summed E-state index contributed by atoms with van der Waals surface area (Å²) in [6, 6.07) is 5.90. The molecule has 0 atom stereocenters. The highest BCUT2D eigenvalue weighted by Crippen LogP contribution is 2.40. The first-order chi connectivity index (χ1) is 11.2. The molecule has 0 aromatic carbocycles. The van der Waals surface area contributed by atoms with E-state index in [4.69, 9.17) is 4.74 Å². The van der Waals surface area contributed by atoms with Crippen LogP contribution in [0.2, 0.25) is 0 Å². The van der Waals surface area contributed by atoms with E-state index in [-0.39, 0.29) is 5.91 Å². The largest absolute Gasteiger partial charge is 0.383 e. The van der Waals surface area contributed by atoms with Crippen molar-refractivity contribution < 1.29 is 9.53 Å². The fraction of sp³-hybridized carbons (Fsp3) is 0.667. The molecule has 23 heavy (non-hydrogen) atoms. The molecule has 0 unspecified atom stereocenters. The predicted octanol–water partition coefficient (Wildman–Crippen LogP) is 1.93. The summed E-state index contributed by atoms with van der Waals surface area (Å²) in [5.41, 5.74) is 1.29. The maximum Gasteiger partial charge on any atom is 0.222 e. The first kappa shape index (κ1) is 16.4. The Morgan fingerprint density at radius 1 is 1.26 bits per heavy atom. The van der Waals surface area contributed by atoms with E-state index in [1.54, 1.807) is 13.3 Å². The van der Waals surface area contributed by atoms with Gasteiger partial charge in [-0.25, -0.2) is 0 Å². The molecule has 2 saturated heterocycles. The van der Waals surface area contributed by atoms with Crippen LogP contribution in [0.5, 0.6) is 0 Å². The molecule has 0 aliphatic carbocycles. The van der Waals surface area contributed by atoms with Gasteiger partial charge < -0.3 is 14.5 Å². The number of nitrogens with zero attached hydrogens (tertiary/aromatic N) is 3. The minimum Gasteiger partial charge on any atom is -0.383 e. The second-order valence-corrected chi connectivity index (χ2v) is 6.91. The highest BCUT2D eigenvalue weighted by Gasteiger charge is 2.40. The molecule has 3 heterocycles. The van der Waals surface area contributed by atoms with Gasteiger partial charge in [0.1, 0.15) is 0 Å². The van der Waals surface area contributed by atoms with E-state index in [0.29, 0.717) is 18.4 Å².